The molecule has 1 heterocycles. The van der Waals surface area contributed by atoms with Crippen LogP contribution < -0.4 is 0 Å². The van der Waals surface area contributed by atoms with E-state index in [0.717, 1.165) is 45.1 Å². The minimum atomic E-state index is -0.456. The highest BCUT2D eigenvalue weighted by atomic mass is 16.7. The molecule has 0 N–H and O–H groups in total. The predicted molar refractivity (Wildman–Crippen MR) is 138 cm³/mol. The molecule has 0 saturated carbocycles. The standard InChI is InChI=1S/C29H52O4/c1-5-6-7-8-9-10-11-12-13-14-15-16-17-18-19-22-26(25-27(30)33-29(2,3)4)32-28-23-20-21-24-31-28/h9-10,12-13,26,28H,5-8,11,14-25H2,1-4H3/b10-9-,13-12-. The van der Waals surface area contributed by atoms with Crippen molar-refractivity contribution >= 4 is 5.97 Å². The number of esters is 1. The molecule has 0 aromatic rings. The third kappa shape index (κ3) is 18.9. The summed E-state index contributed by atoms with van der Waals surface area (Å²) in [6, 6.07) is 0. The molecule has 4 nitrogen and oxygen atoms in total. The zero-order chi connectivity index (χ0) is 24.2. The van der Waals surface area contributed by atoms with E-state index in [1.165, 1.54) is 57.8 Å². The first-order chi connectivity index (χ1) is 15.9. The Labute approximate surface area is 204 Å². The average Bonchev–Trinajstić information content (AvgIpc) is 2.75. The quantitative estimate of drug-likeness (QED) is 0.116. The second-order valence-corrected chi connectivity index (χ2v) is 10.4. The van der Waals surface area contributed by atoms with Gasteiger partial charge in [-0.1, -0.05) is 69.8 Å². The van der Waals surface area contributed by atoms with E-state index in [4.69, 9.17) is 14.2 Å². The van der Waals surface area contributed by atoms with Crippen LogP contribution in [0.3, 0.4) is 0 Å². The van der Waals surface area contributed by atoms with Gasteiger partial charge in [-0.05, 0) is 78.6 Å². The van der Waals surface area contributed by atoms with Gasteiger partial charge in [0.2, 0.25) is 0 Å². The summed E-state index contributed by atoms with van der Waals surface area (Å²) < 4.78 is 17.4. The van der Waals surface area contributed by atoms with Crippen LogP contribution in [0.1, 0.15) is 130 Å². The van der Waals surface area contributed by atoms with Crippen molar-refractivity contribution in [1.29, 1.82) is 0 Å². The minimum Gasteiger partial charge on any atom is -0.460 e. The van der Waals surface area contributed by atoms with Crippen molar-refractivity contribution in [3.63, 3.8) is 0 Å². The molecular weight excluding hydrogens is 412 g/mol. The second-order valence-electron chi connectivity index (χ2n) is 10.4. The summed E-state index contributed by atoms with van der Waals surface area (Å²) in [6.45, 7) is 8.73. The smallest absolute Gasteiger partial charge is 0.308 e. The highest BCUT2D eigenvalue weighted by molar-refractivity contribution is 5.70. The van der Waals surface area contributed by atoms with Crippen molar-refractivity contribution in [2.24, 2.45) is 0 Å². The molecule has 0 aromatic heterocycles. The molecule has 0 aliphatic carbocycles. The first kappa shape index (κ1) is 29.9. The van der Waals surface area contributed by atoms with Crippen LogP contribution in [0, 0.1) is 0 Å². The van der Waals surface area contributed by atoms with E-state index in [0.29, 0.717) is 6.42 Å². The molecule has 0 aromatic carbocycles. The van der Waals surface area contributed by atoms with E-state index in [2.05, 4.69) is 31.2 Å². The Bertz CT molecular complexity index is 526. The van der Waals surface area contributed by atoms with E-state index in [1.807, 2.05) is 20.8 Å². The summed E-state index contributed by atoms with van der Waals surface area (Å²) in [4.78, 5) is 12.3. The van der Waals surface area contributed by atoms with Crippen LogP contribution >= 0.6 is 0 Å². The van der Waals surface area contributed by atoms with E-state index in [-0.39, 0.29) is 18.4 Å². The fourth-order valence-electron chi connectivity index (χ4n) is 4.00. The van der Waals surface area contributed by atoms with Crippen LogP contribution in [0.15, 0.2) is 24.3 Å². The number of unbranched alkanes of at least 4 members (excludes halogenated alkanes) is 8. The molecule has 2 unspecified atom stereocenters. The van der Waals surface area contributed by atoms with E-state index >= 15 is 0 Å². The monoisotopic (exact) mass is 464 g/mol. The maximum Gasteiger partial charge on any atom is 0.308 e. The number of allylic oxidation sites excluding steroid dienone is 4. The Kier molecular flexibility index (Phi) is 17.4. The van der Waals surface area contributed by atoms with Crippen LogP contribution in [0.25, 0.3) is 0 Å². The maximum absolute atomic E-state index is 12.3. The molecule has 1 aliphatic heterocycles. The molecule has 1 aliphatic rings. The van der Waals surface area contributed by atoms with Crippen LogP contribution in [-0.2, 0) is 19.0 Å². The Morgan fingerprint density at radius 3 is 2.24 bits per heavy atom. The molecule has 0 radical (unpaired) electrons. The fraction of sp³-hybridized carbons (Fsp3) is 0.828. The van der Waals surface area contributed by atoms with Gasteiger partial charge < -0.3 is 14.2 Å². The van der Waals surface area contributed by atoms with Gasteiger partial charge in [0.15, 0.2) is 6.29 Å². The zero-order valence-corrected chi connectivity index (χ0v) is 22.1. The van der Waals surface area contributed by atoms with E-state index in [9.17, 15) is 4.79 Å². The number of rotatable bonds is 18. The Morgan fingerprint density at radius 2 is 1.61 bits per heavy atom. The number of carbonyl (C=O) groups excluding carboxylic acids is 1. The minimum absolute atomic E-state index is 0.110. The molecule has 4 heteroatoms. The van der Waals surface area contributed by atoms with Crippen LogP contribution in [0.4, 0.5) is 0 Å². The van der Waals surface area contributed by atoms with Gasteiger partial charge in [0, 0.05) is 6.61 Å². The molecule has 33 heavy (non-hydrogen) atoms. The third-order valence-electron chi connectivity index (χ3n) is 5.77. The lowest BCUT2D eigenvalue weighted by Crippen LogP contribution is -2.32. The lowest BCUT2D eigenvalue weighted by atomic mass is 10.0. The summed E-state index contributed by atoms with van der Waals surface area (Å²) >= 11 is 0. The van der Waals surface area contributed by atoms with Crippen molar-refractivity contribution in [2.45, 2.75) is 148 Å². The van der Waals surface area contributed by atoms with Crippen molar-refractivity contribution in [3.05, 3.63) is 24.3 Å². The average molecular weight is 465 g/mol. The summed E-state index contributed by atoms with van der Waals surface area (Å²) in [7, 11) is 0. The van der Waals surface area contributed by atoms with Crippen LogP contribution in [-0.4, -0.2) is 30.6 Å². The summed E-state index contributed by atoms with van der Waals surface area (Å²) in [5.41, 5.74) is -0.456. The molecule has 2 atom stereocenters. The molecule has 0 amide bonds. The second kappa shape index (κ2) is 19.2. The highest BCUT2D eigenvalue weighted by Gasteiger charge is 2.24. The van der Waals surface area contributed by atoms with E-state index in [1.54, 1.807) is 0 Å². The van der Waals surface area contributed by atoms with Crippen LogP contribution in [0.5, 0.6) is 0 Å². The molecule has 192 valence electrons. The normalized spacial score (nSPS) is 18.2. The summed E-state index contributed by atoms with van der Waals surface area (Å²) in [5, 5.41) is 0. The Balaban J connectivity index is 2.15. The lowest BCUT2D eigenvalue weighted by Gasteiger charge is -2.28. The van der Waals surface area contributed by atoms with Gasteiger partial charge in [0.05, 0.1) is 12.5 Å². The number of hydrogen-bond acceptors (Lipinski definition) is 4. The molecule has 0 bridgehead atoms. The molecular formula is C29H52O4. The number of ether oxygens (including phenoxy) is 3. The lowest BCUT2D eigenvalue weighted by molar-refractivity contribution is -0.196. The van der Waals surface area contributed by atoms with Crippen molar-refractivity contribution in [3.8, 4) is 0 Å². The van der Waals surface area contributed by atoms with Gasteiger partial charge >= 0.3 is 5.97 Å². The summed E-state index contributed by atoms with van der Waals surface area (Å²) in [6.07, 6.45) is 26.8. The third-order valence-corrected chi connectivity index (χ3v) is 5.77. The van der Waals surface area contributed by atoms with E-state index < -0.39 is 5.60 Å². The van der Waals surface area contributed by atoms with Gasteiger partial charge in [0.25, 0.3) is 0 Å². The summed E-state index contributed by atoms with van der Waals surface area (Å²) in [5.74, 6) is -0.175. The van der Waals surface area contributed by atoms with Gasteiger partial charge in [-0.3, -0.25) is 4.79 Å². The fourth-order valence-corrected chi connectivity index (χ4v) is 4.00. The first-order valence-corrected chi connectivity index (χ1v) is 13.7. The molecule has 1 fully saturated rings. The van der Waals surface area contributed by atoms with Crippen molar-refractivity contribution in [1.82, 2.24) is 0 Å². The predicted octanol–water partition coefficient (Wildman–Crippen LogP) is 8.44. The number of hydrogen-bond donors (Lipinski definition) is 0. The Morgan fingerprint density at radius 1 is 0.939 bits per heavy atom. The first-order valence-electron chi connectivity index (χ1n) is 13.7. The zero-order valence-electron chi connectivity index (χ0n) is 22.1. The van der Waals surface area contributed by atoms with Crippen molar-refractivity contribution in [2.75, 3.05) is 6.61 Å². The van der Waals surface area contributed by atoms with Crippen molar-refractivity contribution < 1.29 is 19.0 Å². The molecule has 1 rings (SSSR count). The van der Waals surface area contributed by atoms with Crippen LogP contribution in [0.2, 0.25) is 0 Å². The molecule has 0 spiro atoms. The topological polar surface area (TPSA) is 44.8 Å². The Hall–Kier alpha value is -1.13. The van der Waals surface area contributed by atoms with Gasteiger partial charge in [-0.2, -0.15) is 0 Å². The molecule has 1 saturated heterocycles. The van der Waals surface area contributed by atoms with Gasteiger partial charge in [-0.25, -0.2) is 0 Å². The SMILES string of the molecule is CCCCC/C=C\C/C=C\CCCCCCCC(CC(=O)OC(C)(C)C)OC1CCCCO1. The van der Waals surface area contributed by atoms with Gasteiger partial charge in [-0.15, -0.1) is 0 Å². The highest BCUT2D eigenvalue weighted by Crippen LogP contribution is 2.21. The number of carbonyl (C=O) groups is 1. The maximum atomic E-state index is 12.3. The van der Waals surface area contributed by atoms with Gasteiger partial charge in [0.1, 0.15) is 5.60 Å². The largest absolute Gasteiger partial charge is 0.460 e.